The Bertz CT molecular complexity index is 725. The first kappa shape index (κ1) is 16.1. The van der Waals surface area contributed by atoms with Crippen molar-refractivity contribution in [3.8, 4) is 0 Å². The van der Waals surface area contributed by atoms with Crippen LogP contribution in [0.4, 0.5) is 5.69 Å². The molecule has 6 heteroatoms. The van der Waals surface area contributed by atoms with E-state index in [0.717, 1.165) is 5.56 Å². The van der Waals surface area contributed by atoms with Crippen LogP contribution in [0.1, 0.15) is 12.5 Å². The molecule has 0 bridgehead atoms. The SMILES string of the molecule is CCS(=O)(=O)c1ccccc1NCc1c(Cl)cccc1Cl. The van der Waals surface area contributed by atoms with Gasteiger partial charge in [-0.15, -0.1) is 0 Å². The minimum Gasteiger partial charge on any atom is -0.380 e. The van der Waals surface area contributed by atoms with Crippen LogP contribution in [0.5, 0.6) is 0 Å². The van der Waals surface area contributed by atoms with E-state index in [1.165, 1.54) is 0 Å². The summed E-state index contributed by atoms with van der Waals surface area (Å²) in [6.07, 6.45) is 0. The third-order valence-corrected chi connectivity index (χ3v) is 5.61. The summed E-state index contributed by atoms with van der Waals surface area (Å²) in [6.45, 7) is 1.98. The lowest BCUT2D eigenvalue weighted by molar-refractivity contribution is 0.597. The first-order valence-electron chi connectivity index (χ1n) is 6.44. The van der Waals surface area contributed by atoms with Gasteiger partial charge in [-0.1, -0.05) is 48.3 Å². The molecule has 2 aromatic rings. The normalized spacial score (nSPS) is 11.4. The summed E-state index contributed by atoms with van der Waals surface area (Å²) in [5.41, 5.74) is 1.29. The van der Waals surface area contributed by atoms with E-state index < -0.39 is 9.84 Å². The molecule has 0 aliphatic heterocycles. The molecule has 0 atom stereocenters. The monoisotopic (exact) mass is 343 g/mol. The molecule has 2 aromatic carbocycles. The first-order chi connectivity index (χ1) is 9.95. The number of benzene rings is 2. The van der Waals surface area contributed by atoms with Crippen LogP contribution < -0.4 is 5.32 Å². The second-order valence-electron chi connectivity index (χ2n) is 4.45. The smallest absolute Gasteiger partial charge is 0.180 e. The predicted octanol–water partition coefficient (Wildman–Crippen LogP) is 4.40. The quantitative estimate of drug-likeness (QED) is 0.875. The molecule has 112 valence electrons. The number of hydrogen-bond donors (Lipinski definition) is 1. The van der Waals surface area contributed by atoms with Crippen LogP contribution >= 0.6 is 23.2 Å². The fourth-order valence-corrected chi connectivity index (χ4v) is 3.53. The van der Waals surface area contributed by atoms with E-state index in [0.29, 0.717) is 22.3 Å². The molecule has 1 N–H and O–H groups in total. The molecular weight excluding hydrogens is 329 g/mol. The van der Waals surface area contributed by atoms with Crippen molar-refractivity contribution < 1.29 is 8.42 Å². The average Bonchev–Trinajstić information content (AvgIpc) is 2.47. The van der Waals surface area contributed by atoms with Crippen LogP contribution in [0.2, 0.25) is 10.0 Å². The van der Waals surface area contributed by atoms with Gasteiger partial charge in [-0.05, 0) is 24.3 Å². The van der Waals surface area contributed by atoms with Crippen molar-refractivity contribution in [2.24, 2.45) is 0 Å². The Balaban J connectivity index is 2.30. The molecular formula is C15H15Cl2NO2S. The van der Waals surface area contributed by atoms with Crippen molar-refractivity contribution in [2.45, 2.75) is 18.4 Å². The van der Waals surface area contributed by atoms with Gasteiger partial charge in [0.15, 0.2) is 9.84 Å². The molecule has 0 saturated carbocycles. The number of halogens is 2. The maximum atomic E-state index is 12.1. The zero-order valence-electron chi connectivity index (χ0n) is 11.4. The minimum atomic E-state index is -3.28. The summed E-state index contributed by atoms with van der Waals surface area (Å²) in [7, 11) is -3.28. The largest absolute Gasteiger partial charge is 0.380 e. The third kappa shape index (κ3) is 3.70. The molecule has 0 amide bonds. The van der Waals surface area contributed by atoms with Gasteiger partial charge in [0, 0.05) is 22.2 Å². The van der Waals surface area contributed by atoms with Crippen LogP contribution in [0.25, 0.3) is 0 Å². The highest BCUT2D eigenvalue weighted by molar-refractivity contribution is 7.91. The van der Waals surface area contributed by atoms with Crippen LogP contribution in [-0.4, -0.2) is 14.2 Å². The van der Waals surface area contributed by atoms with Crippen LogP contribution in [0, 0.1) is 0 Å². The second kappa shape index (κ2) is 6.69. The Kier molecular flexibility index (Phi) is 5.14. The van der Waals surface area contributed by atoms with E-state index in [2.05, 4.69) is 5.32 Å². The van der Waals surface area contributed by atoms with Crippen LogP contribution in [0.15, 0.2) is 47.4 Å². The number of nitrogens with one attached hydrogen (secondary N) is 1. The van der Waals surface area contributed by atoms with Gasteiger partial charge in [-0.2, -0.15) is 0 Å². The summed E-state index contributed by atoms with van der Waals surface area (Å²) in [6, 6.07) is 12.1. The molecule has 2 rings (SSSR count). The lowest BCUT2D eigenvalue weighted by Gasteiger charge is -2.13. The Morgan fingerprint density at radius 3 is 2.24 bits per heavy atom. The molecule has 0 aliphatic rings. The van der Waals surface area contributed by atoms with Gasteiger partial charge in [0.1, 0.15) is 0 Å². The Morgan fingerprint density at radius 2 is 1.62 bits per heavy atom. The van der Waals surface area contributed by atoms with Crippen LogP contribution in [0.3, 0.4) is 0 Å². The van der Waals surface area contributed by atoms with E-state index >= 15 is 0 Å². The molecule has 0 fully saturated rings. The molecule has 0 heterocycles. The van der Waals surface area contributed by atoms with Gasteiger partial charge in [0.25, 0.3) is 0 Å². The van der Waals surface area contributed by atoms with Gasteiger partial charge >= 0.3 is 0 Å². The third-order valence-electron chi connectivity index (χ3n) is 3.12. The fourth-order valence-electron chi connectivity index (χ4n) is 1.92. The topological polar surface area (TPSA) is 46.2 Å². The summed E-state index contributed by atoms with van der Waals surface area (Å²) in [5.74, 6) is 0.0541. The summed E-state index contributed by atoms with van der Waals surface area (Å²) >= 11 is 12.2. The van der Waals surface area contributed by atoms with Gasteiger partial charge < -0.3 is 5.32 Å². The molecule has 0 saturated heterocycles. The molecule has 0 aromatic heterocycles. The number of hydrogen-bond acceptors (Lipinski definition) is 3. The highest BCUT2D eigenvalue weighted by atomic mass is 35.5. The lowest BCUT2D eigenvalue weighted by atomic mass is 10.2. The summed E-state index contributed by atoms with van der Waals surface area (Å²) < 4.78 is 24.1. The zero-order chi connectivity index (χ0) is 15.5. The van der Waals surface area contributed by atoms with E-state index in [-0.39, 0.29) is 10.6 Å². The average molecular weight is 344 g/mol. The predicted molar refractivity (Wildman–Crippen MR) is 88.0 cm³/mol. The van der Waals surface area contributed by atoms with Crippen molar-refractivity contribution in [1.82, 2.24) is 0 Å². The zero-order valence-corrected chi connectivity index (χ0v) is 13.8. The number of rotatable bonds is 5. The minimum absolute atomic E-state index is 0.0541. The maximum absolute atomic E-state index is 12.1. The van der Waals surface area contributed by atoms with Crippen molar-refractivity contribution in [2.75, 3.05) is 11.1 Å². The fraction of sp³-hybridized carbons (Fsp3) is 0.200. The number of para-hydroxylation sites is 1. The highest BCUT2D eigenvalue weighted by Gasteiger charge is 2.16. The molecule has 0 unspecified atom stereocenters. The second-order valence-corrected chi connectivity index (χ2v) is 7.51. The van der Waals surface area contributed by atoms with Crippen molar-refractivity contribution >= 4 is 38.7 Å². The Morgan fingerprint density at radius 1 is 1.00 bits per heavy atom. The number of sulfone groups is 1. The van der Waals surface area contributed by atoms with Crippen molar-refractivity contribution in [3.05, 3.63) is 58.1 Å². The standard InChI is InChI=1S/C15H15Cl2NO2S/c1-2-21(19,20)15-9-4-3-8-14(15)18-10-11-12(16)6-5-7-13(11)17/h3-9,18H,2,10H2,1H3. The van der Waals surface area contributed by atoms with Gasteiger partial charge in [-0.3, -0.25) is 0 Å². The molecule has 21 heavy (non-hydrogen) atoms. The van der Waals surface area contributed by atoms with E-state index in [1.807, 2.05) is 0 Å². The molecule has 3 nitrogen and oxygen atoms in total. The summed E-state index contributed by atoms with van der Waals surface area (Å²) in [4.78, 5) is 0.288. The molecule has 0 radical (unpaired) electrons. The summed E-state index contributed by atoms with van der Waals surface area (Å²) in [5, 5.41) is 4.20. The molecule has 0 spiro atoms. The van der Waals surface area contributed by atoms with E-state index in [4.69, 9.17) is 23.2 Å². The van der Waals surface area contributed by atoms with Gasteiger partial charge in [0.05, 0.1) is 16.3 Å². The van der Waals surface area contributed by atoms with E-state index in [9.17, 15) is 8.42 Å². The van der Waals surface area contributed by atoms with Crippen molar-refractivity contribution in [3.63, 3.8) is 0 Å². The molecule has 0 aliphatic carbocycles. The van der Waals surface area contributed by atoms with E-state index in [1.54, 1.807) is 49.4 Å². The maximum Gasteiger partial charge on any atom is 0.180 e. The van der Waals surface area contributed by atoms with Crippen molar-refractivity contribution in [1.29, 1.82) is 0 Å². The van der Waals surface area contributed by atoms with Gasteiger partial charge in [-0.25, -0.2) is 8.42 Å². The Labute approximate surface area is 134 Å². The van der Waals surface area contributed by atoms with Crippen LogP contribution in [-0.2, 0) is 16.4 Å². The lowest BCUT2D eigenvalue weighted by Crippen LogP contribution is -2.09. The Hall–Kier alpha value is -1.23. The highest BCUT2D eigenvalue weighted by Crippen LogP contribution is 2.27. The number of anilines is 1. The van der Waals surface area contributed by atoms with Gasteiger partial charge in [0.2, 0.25) is 0 Å². The first-order valence-corrected chi connectivity index (χ1v) is 8.85.